The van der Waals surface area contributed by atoms with E-state index in [0.717, 1.165) is 54.7 Å². The van der Waals surface area contributed by atoms with Gasteiger partial charge in [-0.05, 0) is 66.5 Å². The van der Waals surface area contributed by atoms with Gasteiger partial charge in [-0.15, -0.1) is 0 Å². The predicted molar refractivity (Wildman–Crippen MR) is 128 cm³/mol. The van der Waals surface area contributed by atoms with Crippen LogP contribution in [0.2, 0.25) is 0 Å². The van der Waals surface area contributed by atoms with Crippen LogP contribution in [0.5, 0.6) is 5.75 Å². The van der Waals surface area contributed by atoms with Crippen molar-refractivity contribution >= 4 is 0 Å². The number of ether oxygens (including phenoxy) is 1. The van der Waals surface area contributed by atoms with Gasteiger partial charge in [0.15, 0.2) is 0 Å². The monoisotopic (exact) mass is 415 g/mol. The number of rotatable bonds is 12. The minimum Gasteiger partial charge on any atom is -0.491 e. The van der Waals surface area contributed by atoms with E-state index in [0.29, 0.717) is 19.1 Å². The molecule has 0 aromatic heterocycles. The van der Waals surface area contributed by atoms with Crippen LogP contribution in [0.3, 0.4) is 0 Å². The van der Waals surface area contributed by atoms with E-state index >= 15 is 0 Å². The Bertz CT molecular complexity index is 630. The number of hydrogen-bond donors (Lipinski definition) is 2. The summed E-state index contributed by atoms with van der Waals surface area (Å²) in [6, 6.07) is 8.21. The lowest BCUT2D eigenvalue weighted by Gasteiger charge is -2.17. The highest BCUT2D eigenvalue weighted by atomic mass is 16.5. The third-order valence-corrected chi connectivity index (χ3v) is 7.69. The lowest BCUT2D eigenvalue weighted by molar-refractivity contribution is 0.106. The third-order valence-electron chi connectivity index (χ3n) is 7.69. The fraction of sp³-hybridized carbons (Fsp3) is 0.704. The Labute approximate surface area is 185 Å². The van der Waals surface area contributed by atoms with E-state index in [4.69, 9.17) is 4.74 Å². The van der Waals surface area contributed by atoms with Gasteiger partial charge in [-0.25, -0.2) is 0 Å². The standard InChI is InChI=1S/C27H45NO2/c1-7-19(2)15-16-28-17-25(29)18-30-27-14-9-8-11-24(27)12-10-13-26-22(5)20(3)21(4)23(26)6/h8-11,13-14,19-23,25-26,28-29H,7,12,15-18H2,1-6H3/b13-10+. The lowest BCUT2D eigenvalue weighted by atomic mass is 9.88. The number of hydrogen-bond acceptors (Lipinski definition) is 3. The summed E-state index contributed by atoms with van der Waals surface area (Å²) < 4.78 is 5.97. The Hall–Kier alpha value is -1.32. The van der Waals surface area contributed by atoms with Gasteiger partial charge in [0.05, 0.1) is 0 Å². The van der Waals surface area contributed by atoms with Crippen molar-refractivity contribution < 1.29 is 9.84 Å². The maximum absolute atomic E-state index is 10.2. The van der Waals surface area contributed by atoms with Gasteiger partial charge in [0.1, 0.15) is 18.5 Å². The molecule has 0 saturated heterocycles. The van der Waals surface area contributed by atoms with Crippen molar-refractivity contribution in [1.82, 2.24) is 5.32 Å². The van der Waals surface area contributed by atoms with E-state index in [1.807, 2.05) is 12.1 Å². The lowest BCUT2D eigenvalue weighted by Crippen LogP contribution is -2.32. The van der Waals surface area contributed by atoms with Gasteiger partial charge in [0.25, 0.3) is 0 Å². The van der Waals surface area contributed by atoms with Crippen LogP contribution in [-0.4, -0.2) is 30.9 Å². The van der Waals surface area contributed by atoms with Crippen LogP contribution >= 0.6 is 0 Å². The number of aliphatic hydroxyl groups is 1. The van der Waals surface area contributed by atoms with Gasteiger partial charge in [-0.1, -0.05) is 78.3 Å². The van der Waals surface area contributed by atoms with Crippen molar-refractivity contribution in [3.05, 3.63) is 42.0 Å². The molecule has 30 heavy (non-hydrogen) atoms. The number of allylic oxidation sites excluding steroid dienone is 2. The van der Waals surface area contributed by atoms with Crippen LogP contribution < -0.4 is 10.1 Å². The fourth-order valence-corrected chi connectivity index (χ4v) is 4.72. The van der Waals surface area contributed by atoms with Gasteiger partial charge in [-0.3, -0.25) is 0 Å². The molecule has 1 fully saturated rings. The quantitative estimate of drug-likeness (QED) is 0.339. The van der Waals surface area contributed by atoms with Crippen molar-refractivity contribution in [1.29, 1.82) is 0 Å². The molecule has 0 bridgehead atoms. The zero-order valence-electron chi connectivity index (χ0n) is 20.1. The Morgan fingerprint density at radius 2 is 1.73 bits per heavy atom. The van der Waals surface area contributed by atoms with Crippen LogP contribution in [0.15, 0.2) is 36.4 Å². The first kappa shape index (κ1) is 24.9. The molecule has 0 spiro atoms. The summed E-state index contributed by atoms with van der Waals surface area (Å²) in [5.41, 5.74) is 1.19. The van der Waals surface area contributed by atoms with E-state index in [1.165, 1.54) is 12.0 Å². The summed E-state index contributed by atoms with van der Waals surface area (Å²) in [6.45, 7) is 15.9. The highest BCUT2D eigenvalue weighted by Crippen LogP contribution is 2.45. The smallest absolute Gasteiger partial charge is 0.122 e. The molecule has 0 heterocycles. The second-order valence-electron chi connectivity index (χ2n) is 9.72. The maximum atomic E-state index is 10.2. The second kappa shape index (κ2) is 12.5. The molecule has 0 radical (unpaired) electrons. The number of nitrogens with one attached hydrogen (secondary N) is 1. The molecular formula is C27H45NO2. The minimum absolute atomic E-state index is 0.322. The van der Waals surface area contributed by atoms with Crippen molar-refractivity contribution in [2.24, 2.45) is 35.5 Å². The molecule has 1 aliphatic rings. The van der Waals surface area contributed by atoms with Gasteiger partial charge < -0.3 is 15.2 Å². The highest BCUT2D eigenvalue weighted by Gasteiger charge is 2.39. The number of aliphatic hydroxyl groups excluding tert-OH is 1. The second-order valence-corrected chi connectivity index (χ2v) is 9.72. The van der Waals surface area contributed by atoms with Crippen molar-refractivity contribution in [3.8, 4) is 5.75 Å². The predicted octanol–water partition coefficient (Wildman–Crippen LogP) is 5.73. The molecule has 1 aliphatic carbocycles. The third kappa shape index (κ3) is 7.13. The summed E-state index contributed by atoms with van der Waals surface area (Å²) in [6.07, 6.45) is 7.48. The fourth-order valence-electron chi connectivity index (χ4n) is 4.72. The van der Waals surface area contributed by atoms with Crippen LogP contribution in [0.4, 0.5) is 0 Å². The summed E-state index contributed by atoms with van der Waals surface area (Å²) in [5, 5.41) is 13.6. The zero-order chi connectivity index (χ0) is 22.1. The number of para-hydroxylation sites is 1. The SMILES string of the molecule is CCC(C)CCNCC(O)COc1ccccc1C/C=C/C1C(C)C(C)C(C)C1C. The molecule has 6 atom stereocenters. The van der Waals surface area contributed by atoms with E-state index in [9.17, 15) is 5.11 Å². The van der Waals surface area contributed by atoms with Gasteiger partial charge in [-0.2, -0.15) is 0 Å². The molecule has 1 saturated carbocycles. The molecule has 2 N–H and O–H groups in total. The first-order valence-corrected chi connectivity index (χ1v) is 12.1. The van der Waals surface area contributed by atoms with Crippen LogP contribution in [-0.2, 0) is 6.42 Å². The minimum atomic E-state index is -0.492. The molecule has 3 heteroatoms. The summed E-state index contributed by atoms with van der Waals surface area (Å²) in [7, 11) is 0. The Morgan fingerprint density at radius 3 is 2.40 bits per heavy atom. The molecule has 6 unspecified atom stereocenters. The average molecular weight is 416 g/mol. The Kier molecular flexibility index (Phi) is 10.4. The molecule has 170 valence electrons. The molecule has 0 aliphatic heterocycles. The van der Waals surface area contributed by atoms with Gasteiger partial charge >= 0.3 is 0 Å². The molecule has 1 aromatic rings. The first-order valence-electron chi connectivity index (χ1n) is 12.1. The summed E-state index contributed by atoms with van der Waals surface area (Å²) >= 11 is 0. The Balaban J connectivity index is 1.81. The topological polar surface area (TPSA) is 41.5 Å². The summed E-state index contributed by atoms with van der Waals surface area (Å²) in [5.74, 6) is 5.31. The van der Waals surface area contributed by atoms with E-state index in [2.05, 4.69) is 71.1 Å². The van der Waals surface area contributed by atoms with Crippen molar-refractivity contribution in [3.63, 3.8) is 0 Å². The van der Waals surface area contributed by atoms with E-state index < -0.39 is 6.10 Å². The van der Waals surface area contributed by atoms with Crippen LogP contribution in [0.25, 0.3) is 0 Å². The van der Waals surface area contributed by atoms with E-state index in [1.54, 1.807) is 0 Å². The zero-order valence-corrected chi connectivity index (χ0v) is 20.1. The molecule has 0 amide bonds. The molecule has 3 nitrogen and oxygen atoms in total. The largest absolute Gasteiger partial charge is 0.491 e. The molecule has 2 rings (SSSR count). The van der Waals surface area contributed by atoms with Gasteiger partial charge in [0, 0.05) is 6.54 Å². The molecular weight excluding hydrogens is 370 g/mol. The van der Waals surface area contributed by atoms with Crippen LogP contribution in [0, 0.1) is 35.5 Å². The maximum Gasteiger partial charge on any atom is 0.122 e. The normalized spacial score (nSPS) is 28.7. The average Bonchev–Trinajstić information content (AvgIpc) is 2.93. The molecule has 1 aromatic carbocycles. The van der Waals surface area contributed by atoms with Gasteiger partial charge in [0.2, 0.25) is 0 Å². The number of benzene rings is 1. The van der Waals surface area contributed by atoms with E-state index in [-0.39, 0.29) is 0 Å². The summed E-state index contributed by atoms with van der Waals surface area (Å²) in [4.78, 5) is 0. The van der Waals surface area contributed by atoms with Crippen LogP contribution in [0.1, 0.15) is 59.9 Å². The van der Waals surface area contributed by atoms with Crippen molar-refractivity contribution in [2.75, 3.05) is 19.7 Å². The first-order chi connectivity index (χ1) is 14.3. The van der Waals surface area contributed by atoms with Crippen molar-refractivity contribution in [2.45, 2.75) is 66.9 Å². The Morgan fingerprint density at radius 1 is 1.07 bits per heavy atom. The highest BCUT2D eigenvalue weighted by molar-refractivity contribution is 5.35.